The third kappa shape index (κ3) is 4.61. The van der Waals surface area contributed by atoms with Crippen LogP contribution in [-0.4, -0.2) is 24.0 Å². The van der Waals surface area contributed by atoms with E-state index in [1.165, 1.54) is 0 Å². The number of hydrogen-bond donors (Lipinski definition) is 4. The van der Waals surface area contributed by atoms with E-state index in [0.717, 1.165) is 25.8 Å². The Balaban J connectivity index is 0.00000220. The van der Waals surface area contributed by atoms with Gasteiger partial charge in [-0.05, 0) is 50.9 Å². The Morgan fingerprint density at radius 3 is 2.48 bits per heavy atom. The Morgan fingerprint density at radius 2 is 1.90 bits per heavy atom. The van der Waals surface area contributed by atoms with Crippen LogP contribution in [0.5, 0.6) is 0 Å². The quantitative estimate of drug-likeness (QED) is 0.688. The Morgan fingerprint density at radius 1 is 1.24 bits per heavy atom. The fourth-order valence-electron chi connectivity index (χ4n) is 2.34. The number of carbonyl (C=O) groups excluding carboxylic acids is 2. The molecule has 1 aliphatic rings. The van der Waals surface area contributed by atoms with E-state index in [2.05, 4.69) is 16.0 Å². The Bertz CT molecular complexity index is 515. The number of nitrogens with two attached hydrogens (primary N) is 1. The number of hydrogen-bond acceptors (Lipinski definition) is 3. The highest BCUT2D eigenvalue weighted by atomic mass is 35.5. The number of benzene rings is 1. The number of amides is 3. The Hall–Kier alpha value is -1.79. The van der Waals surface area contributed by atoms with Gasteiger partial charge < -0.3 is 21.7 Å². The standard InChI is InChI=1S/C14H20N4O2.ClH/c1-14(7-2-3-8-16-14)12(19)17-10-5-4-6-11(9-10)18-13(15)20;/h4-6,9,16H,2-3,7-8H2,1H3,(H,17,19)(H3,15,18,20);1H. The number of piperidine rings is 1. The maximum atomic E-state index is 12.3. The van der Waals surface area contributed by atoms with Crippen molar-refractivity contribution < 1.29 is 9.59 Å². The van der Waals surface area contributed by atoms with Gasteiger partial charge in [0, 0.05) is 11.4 Å². The van der Waals surface area contributed by atoms with Gasteiger partial charge in [0.2, 0.25) is 5.91 Å². The minimum Gasteiger partial charge on any atom is -0.351 e. The summed E-state index contributed by atoms with van der Waals surface area (Å²) in [5, 5.41) is 8.61. The molecular formula is C14H21ClN4O2. The van der Waals surface area contributed by atoms with Gasteiger partial charge in [-0.1, -0.05) is 6.07 Å². The van der Waals surface area contributed by atoms with Crippen LogP contribution in [0.1, 0.15) is 26.2 Å². The molecule has 6 nitrogen and oxygen atoms in total. The van der Waals surface area contributed by atoms with Crippen molar-refractivity contribution in [3.63, 3.8) is 0 Å². The number of anilines is 2. The number of halogens is 1. The first-order valence-corrected chi connectivity index (χ1v) is 6.73. The van der Waals surface area contributed by atoms with Crippen molar-refractivity contribution in [3.05, 3.63) is 24.3 Å². The summed E-state index contributed by atoms with van der Waals surface area (Å²) in [6, 6.07) is 6.28. The van der Waals surface area contributed by atoms with Crippen molar-refractivity contribution in [2.45, 2.75) is 31.7 Å². The van der Waals surface area contributed by atoms with Crippen molar-refractivity contribution in [1.29, 1.82) is 0 Å². The lowest BCUT2D eigenvalue weighted by atomic mass is 9.90. The van der Waals surface area contributed by atoms with E-state index in [4.69, 9.17) is 5.73 Å². The van der Waals surface area contributed by atoms with Crippen molar-refractivity contribution in [2.24, 2.45) is 5.73 Å². The summed E-state index contributed by atoms with van der Waals surface area (Å²) in [7, 11) is 0. The molecule has 21 heavy (non-hydrogen) atoms. The van der Waals surface area contributed by atoms with Gasteiger partial charge in [0.25, 0.3) is 0 Å². The van der Waals surface area contributed by atoms with Gasteiger partial charge in [0.15, 0.2) is 0 Å². The molecule has 116 valence electrons. The summed E-state index contributed by atoms with van der Waals surface area (Å²) in [5.41, 5.74) is 5.72. The van der Waals surface area contributed by atoms with Crippen molar-refractivity contribution in [1.82, 2.24) is 5.32 Å². The highest BCUT2D eigenvalue weighted by molar-refractivity contribution is 5.98. The molecule has 1 fully saturated rings. The third-order valence-corrected chi connectivity index (χ3v) is 3.51. The van der Waals surface area contributed by atoms with Crippen LogP contribution in [0.2, 0.25) is 0 Å². The van der Waals surface area contributed by atoms with Gasteiger partial charge in [-0.15, -0.1) is 12.4 Å². The van der Waals surface area contributed by atoms with E-state index in [1.54, 1.807) is 24.3 Å². The summed E-state index contributed by atoms with van der Waals surface area (Å²) < 4.78 is 0. The average Bonchev–Trinajstić information content (AvgIpc) is 2.39. The SMILES string of the molecule is CC1(C(=O)Nc2cccc(NC(N)=O)c2)CCCCN1.Cl. The molecular weight excluding hydrogens is 292 g/mol. The normalized spacial score (nSPS) is 21.0. The van der Waals surface area contributed by atoms with Gasteiger partial charge in [-0.3, -0.25) is 4.79 Å². The molecule has 1 aliphatic heterocycles. The molecule has 1 saturated heterocycles. The van der Waals surface area contributed by atoms with Crippen molar-refractivity contribution in [3.8, 4) is 0 Å². The van der Waals surface area contributed by atoms with Crippen LogP contribution < -0.4 is 21.7 Å². The largest absolute Gasteiger partial charge is 0.351 e. The molecule has 0 aromatic heterocycles. The fraction of sp³-hybridized carbons (Fsp3) is 0.429. The van der Waals surface area contributed by atoms with E-state index < -0.39 is 11.6 Å². The smallest absolute Gasteiger partial charge is 0.316 e. The molecule has 0 bridgehead atoms. The molecule has 5 N–H and O–H groups in total. The average molecular weight is 313 g/mol. The van der Waals surface area contributed by atoms with E-state index in [0.29, 0.717) is 11.4 Å². The minimum absolute atomic E-state index is 0. The molecule has 1 unspecified atom stereocenters. The maximum absolute atomic E-state index is 12.3. The zero-order chi connectivity index (χ0) is 14.6. The summed E-state index contributed by atoms with van der Waals surface area (Å²) >= 11 is 0. The molecule has 1 heterocycles. The highest BCUT2D eigenvalue weighted by Gasteiger charge is 2.34. The number of urea groups is 1. The molecule has 0 spiro atoms. The topological polar surface area (TPSA) is 96.2 Å². The first-order chi connectivity index (χ1) is 9.49. The highest BCUT2D eigenvalue weighted by Crippen LogP contribution is 2.22. The second kappa shape index (κ2) is 7.28. The second-order valence-corrected chi connectivity index (χ2v) is 5.24. The molecule has 0 aliphatic carbocycles. The first kappa shape index (κ1) is 17.3. The third-order valence-electron chi connectivity index (χ3n) is 3.51. The van der Waals surface area contributed by atoms with Gasteiger partial charge in [0.1, 0.15) is 0 Å². The van der Waals surface area contributed by atoms with E-state index in [1.807, 2.05) is 6.92 Å². The van der Waals surface area contributed by atoms with Crippen molar-refractivity contribution >= 4 is 35.7 Å². The number of primary amides is 1. The zero-order valence-electron chi connectivity index (χ0n) is 11.9. The predicted molar refractivity (Wildman–Crippen MR) is 85.8 cm³/mol. The minimum atomic E-state index is -0.630. The molecule has 1 aromatic rings. The number of nitrogens with one attached hydrogen (secondary N) is 3. The van der Waals surface area contributed by atoms with E-state index >= 15 is 0 Å². The molecule has 1 aromatic carbocycles. The molecule has 2 rings (SSSR count). The summed E-state index contributed by atoms with van der Waals surface area (Å²) in [6.45, 7) is 2.76. The van der Waals surface area contributed by atoms with Crippen LogP contribution in [0.3, 0.4) is 0 Å². The second-order valence-electron chi connectivity index (χ2n) is 5.24. The number of carbonyl (C=O) groups is 2. The first-order valence-electron chi connectivity index (χ1n) is 6.73. The van der Waals surface area contributed by atoms with Crippen LogP contribution in [-0.2, 0) is 4.79 Å². The Labute approximate surface area is 130 Å². The molecule has 0 saturated carbocycles. The maximum Gasteiger partial charge on any atom is 0.316 e. The fourth-order valence-corrected chi connectivity index (χ4v) is 2.34. The molecule has 3 amide bonds. The van der Waals surface area contributed by atoms with Gasteiger partial charge in [-0.25, -0.2) is 4.79 Å². The van der Waals surface area contributed by atoms with Gasteiger partial charge >= 0.3 is 6.03 Å². The summed E-state index contributed by atoms with van der Waals surface area (Å²) in [6.07, 6.45) is 2.96. The van der Waals surface area contributed by atoms with Crippen LogP contribution in [0.4, 0.5) is 16.2 Å². The van der Waals surface area contributed by atoms with Crippen LogP contribution in [0.25, 0.3) is 0 Å². The molecule has 1 atom stereocenters. The Kier molecular flexibility index (Phi) is 5.99. The van der Waals surface area contributed by atoms with Crippen molar-refractivity contribution in [2.75, 3.05) is 17.2 Å². The lowest BCUT2D eigenvalue weighted by molar-refractivity contribution is -0.122. The summed E-state index contributed by atoms with van der Waals surface area (Å²) in [4.78, 5) is 23.2. The molecule has 7 heteroatoms. The monoisotopic (exact) mass is 312 g/mol. The van der Waals surface area contributed by atoms with Crippen LogP contribution in [0, 0.1) is 0 Å². The lowest BCUT2D eigenvalue weighted by Gasteiger charge is -2.33. The van der Waals surface area contributed by atoms with Gasteiger partial charge in [-0.2, -0.15) is 0 Å². The van der Waals surface area contributed by atoms with E-state index in [-0.39, 0.29) is 18.3 Å². The predicted octanol–water partition coefficient (Wildman–Crippen LogP) is 2.07. The van der Waals surface area contributed by atoms with Crippen LogP contribution >= 0.6 is 12.4 Å². The van der Waals surface area contributed by atoms with Crippen LogP contribution in [0.15, 0.2) is 24.3 Å². The number of rotatable bonds is 3. The van der Waals surface area contributed by atoms with Gasteiger partial charge in [0.05, 0.1) is 5.54 Å². The molecule has 0 radical (unpaired) electrons. The zero-order valence-corrected chi connectivity index (χ0v) is 12.8. The lowest BCUT2D eigenvalue weighted by Crippen LogP contribution is -2.54. The summed E-state index contributed by atoms with van der Waals surface area (Å²) in [5.74, 6) is -0.0616. The van der Waals surface area contributed by atoms with E-state index in [9.17, 15) is 9.59 Å².